The van der Waals surface area contributed by atoms with E-state index in [0.29, 0.717) is 12.5 Å². The van der Waals surface area contributed by atoms with Gasteiger partial charge in [-0.1, -0.05) is 0 Å². The largest absolute Gasteiger partial charge is 0.325 e. The zero-order chi connectivity index (χ0) is 9.26. The number of H-pyrrole nitrogens is 1. The molecule has 2 rings (SSSR count). The maximum Gasteiger partial charge on any atom is 0.0669 e. The quantitative estimate of drug-likeness (QED) is 0.687. The zero-order valence-electron chi connectivity index (χ0n) is 7.95. The number of nitrogens with two attached hydrogens (primary N) is 1. The van der Waals surface area contributed by atoms with Crippen LogP contribution in [-0.4, -0.2) is 35.2 Å². The summed E-state index contributed by atoms with van der Waals surface area (Å²) in [6.45, 7) is 2.85. The molecule has 3 N–H and O–H groups in total. The van der Waals surface area contributed by atoms with Crippen LogP contribution in [0.4, 0.5) is 0 Å². The molecule has 1 unspecified atom stereocenters. The van der Waals surface area contributed by atoms with E-state index < -0.39 is 0 Å². The van der Waals surface area contributed by atoms with Crippen molar-refractivity contribution in [3.05, 3.63) is 17.5 Å². The second-order valence-electron chi connectivity index (χ2n) is 3.77. The fourth-order valence-corrected chi connectivity index (χ4v) is 1.87. The van der Waals surface area contributed by atoms with Crippen molar-refractivity contribution in [2.45, 2.75) is 18.9 Å². The summed E-state index contributed by atoms with van der Waals surface area (Å²) >= 11 is 0. The van der Waals surface area contributed by atoms with E-state index in [1.165, 1.54) is 18.7 Å². The predicted molar refractivity (Wildman–Crippen MR) is 51.3 cm³/mol. The molecule has 0 radical (unpaired) electrons. The Balaban J connectivity index is 2.08. The van der Waals surface area contributed by atoms with E-state index in [9.17, 15) is 0 Å². The van der Waals surface area contributed by atoms with Gasteiger partial charge in [-0.2, -0.15) is 5.10 Å². The summed E-state index contributed by atoms with van der Waals surface area (Å²) in [4.78, 5) is 2.33. The lowest BCUT2D eigenvalue weighted by Crippen LogP contribution is -2.13. The molecule has 1 aliphatic heterocycles. The van der Waals surface area contributed by atoms with E-state index in [0.717, 1.165) is 12.2 Å². The smallest absolute Gasteiger partial charge is 0.0669 e. The molecular formula is C9H16N4. The Morgan fingerprint density at radius 3 is 3.15 bits per heavy atom. The lowest BCUT2D eigenvalue weighted by molar-refractivity contribution is 0.410. The summed E-state index contributed by atoms with van der Waals surface area (Å²) in [5.41, 5.74) is 7.71. The van der Waals surface area contributed by atoms with Crippen molar-refractivity contribution in [2.75, 3.05) is 20.1 Å². The Morgan fingerprint density at radius 1 is 1.77 bits per heavy atom. The van der Waals surface area contributed by atoms with Crippen molar-refractivity contribution in [2.24, 2.45) is 5.73 Å². The minimum absolute atomic E-state index is 0.551. The van der Waals surface area contributed by atoms with Crippen LogP contribution in [0.5, 0.6) is 0 Å². The lowest BCUT2D eigenvalue weighted by atomic mass is 10.1. The lowest BCUT2D eigenvalue weighted by Gasteiger charge is -2.06. The first-order chi connectivity index (χ1) is 6.29. The molecule has 2 heterocycles. The van der Waals surface area contributed by atoms with E-state index in [1.807, 2.05) is 0 Å². The molecule has 1 aromatic heterocycles. The molecule has 4 nitrogen and oxygen atoms in total. The van der Waals surface area contributed by atoms with Crippen LogP contribution < -0.4 is 5.73 Å². The highest BCUT2D eigenvalue weighted by atomic mass is 15.2. The van der Waals surface area contributed by atoms with Gasteiger partial charge < -0.3 is 10.6 Å². The van der Waals surface area contributed by atoms with E-state index >= 15 is 0 Å². The van der Waals surface area contributed by atoms with Crippen LogP contribution in [0, 0.1) is 0 Å². The van der Waals surface area contributed by atoms with Crippen LogP contribution in [0.3, 0.4) is 0 Å². The molecule has 1 aliphatic rings. The van der Waals surface area contributed by atoms with Gasteiger partial charge in [0.25, 0.3) is 0 Å². The third-order valence-electron chi connectivity index (χ3n) is 2.68. The Bertz CT molecular complexity index is 281. The number of nitrogens with one attached hydrogen (secondary N) is 1. The van der Waals surface area contributed by atoms with Crippen molar-refractivity contribution in [1.29, 1.82) is 0 Å². The van der Waals surface area contributed by atoms with Gasteiger partial charge in [-0.05, 0) is 26.1 Å². The van der Waals surface area contributed by atoms with Crippen molar-refractivity contribution in [1.82, 2.24) is 15.1 Å². The average Bonchev–Trinajstić information content (AvgIpc) is 2.71. The predicted octanol–water partition coefficient (Wildman–Crippen LogP) is 0.288. The summed E-state index contributed by atoms with van der Waals surface area (Å²) in [7, 11) is 2.15. The zero-order valence-corrected chi connectivity index (χ0v) is 7.95. The fraction of sp³-hybridized carbons (Fsp3) is 0.667. The van der Waals surface area contributed by atoms with Crippen molar-refractivity contribution in [3.63, 3.8) is 0 Å². The SMILES string of the molecule is CN1CCC(c2cc(CN)[nH]n2)C1. The first kappa shape index (κ1) is 8.72. The molecule has 1 fully saturated rings. The monoisotopic (exact) mass is 180 g/mol. The maximum atomic E-state index is 5.51. The van der Waals surface area contributed by atoms with Crippen molar-refractivity contribution < 1.29 is 0 Å². The first-order valence-corrected chi connectivity index (χ1v) is 4.72. The van der Waals surface area contributed by atoms with Crippen LogP contribution >= 0.6 is 0 Å². The van der Waals surface area contributed by atoms with E-state index in [-0.39, 0.29) is 0 Å². The van der Waals surface area contributed by atoms with Crippen molar-refractivity contribution in [3.8, 4) is 0 Å². The maximum absolute atomic E-state index is 5.51. The Morgan fingerprint density at radius 2 is 2.62 bits per heavy atom. The number of hydrogen-bond donors (Lipinski definition) is 2. The molecule has 13 heavy (non-hydrogen) atoms. The van der Waals surface area contributed by atoms with E-state index in [1.54, 1.807) is 0 Å². The molecule has 1 atom stereocenters. The number of aromatic nitrogens is 2. The molecule has 0 amide bonds. The molecule has 0 spiro atoms. The van der Waals surface area contributed by atoms with Gasteiger partial charge in [0, 0.05) is 24.7 Å². The first-order valence-electron chi connectivity index (χ1n) is 4.72. The number of likely N-dealkylation sites (N-methyl/N-ethyl adjacent to an activating group) is 1. The molecule has 0 aliphatic carbocycles. The van der Waals surface area contributed by atoms with Gasteiger partial charge in [0.2, 0.25) is 0 Å². The van der Waals surface area contributed by atoms with Crippen LogP contribution in [0.15, 0.2) is 6.07 Å². The number of nitrogens with zero attached hydrogens (tertiary/aromatic N) is 2. The standard InChI is InChI=1S/C9H16N4/c1-13-3-2-7(6-13)9-4-8(5-10)11-12-9/h4,7H,2-3,5-6,10H2,1H3,(H,11,12). The topological polar surface area (TPSA) is 57.9 Å². The molecule has 0 aromatic carbocycles. The van der Waals surface area contributed by atoms with Crippen LogP contribution in [0.25, 0.3) is 0 Å². The third-order valence-corrected chi connectivity index (χ3v) is 2.68. The summed E-state index contributed by atoms with van der Waals surface area (Å²) in [5.74, 6) is 0.599. The summed E-state index contributed by atoms with van der Waals surface area (Å²) in [5, 5.41) is 7.23. The fourth-order valence-electron chi connectivity index (χ4n) is 1.87. The third kappa shape index (κ3) is 1.73. The number of hydrogen-bond acceptors (Lipinski definition) is 3. The Labute approximate surface area is 78.1 Å². The van der Waals surface area contributed by atoms with Gasteiger partial charge in [-0.15, -0.1) is 0 Å². The highest BCUT2D eigenvalue weighted by Crippen LogP contribution is 2.24. The molecule has 0 bridgehead atoms. The number of aromatic amines is 1. The van der Waals surface area contributed by atoms with Gasteiger partial charge in [0.1, 0.15) is 0 Å². The van der Waals surface area contributed by atoms with Gasteiger partial charge >= 0.3 is 0 Å². The van der Waals surface area contributed by atoms with E-state index in [2.05, 4.69) is 28.2 Å². The van der Waals surface area contributed by atoms with Gasteiger partial charge in [-0.3, -0.25) is 5.10 Å². The van der Waals surface area contributed by atoms with Gasteiger partial charge in [0.05, 0.1) is 5.69 Å². The van der Waals surface area contributed by atoms with Crippen LogP contribution in [-0.2, 0) is 6.54 Å². The molecule has 1 saturated heterocycles. The molecule has 1 aromatic rings. The summed E-state index contributed by atoms with van der Waals surface area (Å²) in [6.07, 6.45) is 1.21. The summed E-state index contributed by atoms with van der Waals surface area (Å²) in [6, 6.07) is 2.09. The minimum atomic E-state index is 0.551. The van der Waals surface area contributed by atoms with Gasteiger partial charge in [-0.25, -0.2) is 0 Å². The van der Waals surface area contributed by atoms with Crippen LogP contribution in [0.2, 0.25) is 0 Å². The number of rotatable bonds is 2. The molecular weight excluding hydrogens is 164 g/mol. The molecule has 72 valence electrons. The second-order valence-corrected chi connectivity index (χ2v) is 3.77. The van der Waals surface area contributed by atoms with Crippen LogP contribution in [0.1, 0.15) is 23.7 Å². The Hall–Kier alpha value is -0.870. The van der Waals surface area contributed by atoms with Crippen molar-refractivity contribution >= 4 is 0 Å². The summed E-state index contributed by atoms with van der Waals surface area (Å²) < 4.78 is 0. The normalized spacial score (nSPS) is 24.0. The highest BCUT2D eigenvalue weighted by molar-refractivity contribution is 5.14. The van der Waals surface area contributed by atoms with E-state index in [4.69, 9.17) is 5.73 Å². The highest BCUT2D eigenvalue weighted by Gasteiger charge is 2.22. The van der Waals surface area contributed by atoms with Gasteiger partial charge in [0.15, 0.2) is 0 Å². The molecule has 0 saturated carbocycles. The number of likely N-dealkylation sites (tertiary alicyclic amines) is 1. The Kier molecular flexibility index (Phi) is 2.33. The second kappa shape index (κ2) is 3.47. The minimum Gasteiger partial charge on any atom is -0.325 e. The molecule has 4 heteroatoms. The average molecular weight is 180 g/mol.